The van der Waals surface area contributed by atoms with E-state index >= 15 is 0 Å². The zero-order valence-electron chi connectivity index (χ0n) is 14.8. The van der Waals surface area contributed by atoms with E-state index in [2.05, 4.69) is 10.6 Å². The van der Waals surface area contributed by atoms with Gasteiger partial charge in [0.25, 0.3) is 11.8 Å². The van der Waals surface area contributed by atoms with Crippen LogP contribution in [0.1, 0.15) is 21.5 Å². The predicted molar refractivity (Wildman–Crippen MR) is 103 cm³/mol. The summed E-state index contributed by atoms with van der Waals surface area (Å²) >= 11 is 0. The summed E-state index contributed by atoms with van der Waals surface area (Å²) in [6.45, 7) is 0.275. The second-order valence-corrected chi connectivity index (χ2v) is 6.89. The van der Waals surface area contributed by atoms with Gasteiger partial charge in [0.1, 0.15) is 5.82 Å². The standard InChI is InChI=1S/C22H16FN3O2/c23-16-10-6-12-18-19(16)22(21(28)26(18)13-14-7-2-1-3-8-14)24-17-11-5-4-9-15(17)20(27)25-22/h1-12,24H,13H2,(H,25,27)/t22-/m1/s1. The van der Waals surface area contributed by atoms with Crippen molar-refractivity contribution in [3.63, 3.8) is 0 Å². The number of nitrogens with zero attached hydrogens (tertiary/aromatic N) is 1. The number of nitrogens with one attached hydrogen (secondary N) is 2. The summed E-state index contributed by atoms with van der Waals surface area (Å²) in [5.74, 6) is -1.38. The summed E-state index contributed by atoms with van der Waals surface area (Å²) in [5, 5.41) is 5.83. The fraction of sp³-hybridized carbons (Fsp3) is 0.0909. The third kappa shape index (κ3) is 2.24. The topological polar surface area (TPSA) is 61.4 Å². The highest BCUT2D eigenvalue weighted by Crippen LogP contribution is 2.45. The molecule has 0 bridgehead atoms. The maximum Gasteiger partial charge on any atom is 0.279 e. The van der Waals surface area contributed by atoms with Crippen molar-refractivity contribution < 1.29 is 14.0 Å². The van der Waals surface area contributed by atoms with Crippen LogP contribution in [0.15, 0.2) is 72.8 Å². The Kier molecular flexibility index (Phi) is 3.49. The quantitative estimate of drug-likeness (QED) is 0.724. The summed E-state index contributed by atoms with van der Waals surface area (Å²) in [4.78, 5) is 27.8. The van der Waals surface area contributed by atoms with Crippen molar-refractivity contribution >= 4 is 23.2 Å². The maximum absolute atomic E-state index is 14.9. The number of fused-ring (bicyclic) bond motifs is 3. The van der Waals surface area contributed by atoms with Crippen molar-refractivity contribution in [3.05, 3.63) is 95.3 Å². The minimum Gasteiger partial charge on any atom is -0.350 e. The summed E-state index contributed by atoms with van der Waals surface area (Å²) < 4.78 is 14.9. The number of hydrogen-bond acceptors (Lipinski definition) is 3. The molecule has 2 heterocycles. The lowest BCUT2D eigenvalue weighted by Crippen LogP contribution is -2.60. The Hall–Kier alpha value is -3.67. The highest BCUT2D eigenvalue weighted by atomic mass is 19.1. The average molecular weight is 373 g/mol. The molecule has 2 N–H and O–H groups in total. The van der Waals surface area contributed by atoms with Gasteiger partial charge in [-0.2, -0.15) is 0 Å². The fourth-order valence-electron chi connectivity index (χ4n) is 3.94. The van der Waals surface area contributed by atoms with Crippen molar-refractivity contribution in [2.45, 2.75) is 12.2 Å². The van der Waals surface area contributed by atoms with Gasteiger partial charge >= 0.3 is 0 Å². The molecule has 0 unspecified atom stereocenters. The molecule has 0 saturated heterocycles. The normalized spacial score (nSPS) is 19.8. The lowest BCUT2D eigenvalue weighted by atomic mass is 9.95. The number of halogens is 1. The van der Waals surface area contributed by atoms with Crippen LogP contribution in [0.3, 0.4) is 0 Å². The Morgan fingerprint density at radius 1 is 0.857 bits per heavy atom. The number of hydrogen-bond donors (Lipinski definition) is 2. The number of carbonyl (C=O) groups is 2. The highest BCUT2D eigenvalue weighted by Gasteiger charge is 2.56. The zero-order chi connectivity index (χ0) is 19.3. The molecular formula is C22H16FN3O2. The van der Waals surface area contributed by atoms with E-state index in [1.165, 1.54) is 11.0 Å². The van der Waals surface area contributed by atoms with Gasteiger partial charge in [-0.25, -0.2) is 4.39 Å². The highest BCUT2D eigenvalue weighted by molar-refractivity contribution is 6.15. The Labute approximate surface area is 160 Å². The number of para-hydroxylation sites is 1. The first kappa shape index (κ1) is 16.5. The minimum atomic E-state index is -1.67. The van der Waals surface area contributed by atoms with Crippen LogP contribution in [0.5, 0.6) is 0 Å². The second-order valence-electron chi connectivity index (χ2n) is 6.89. The number of anilines is 2. The SMILES string of the molecule is O=C1N[C@@]2(Nc3ccccc31)C(=O)N(Cc1ccccc1)c1cccc(F)c12. The monoisotopic (exact) mass is 373 g/mol. The molecule has 2 amide bonds. The van der Waals surface area contributed by atoms with E-state index in [4.69, 9.17) is 0 Å². The van der Waals surface area contributed by atoms with Gasteiger partial charge in [-0.05, 0) is 29.8 Å². The molecule has 6 heteroatoms. The lowest BCUT2D eigenvalue weighted by molar-refractivity contribution is -0.123. The molecule has 2 aliphatic heterocycles. The van der Waals surface area contributed by atoms with Crippen LogP contribution in [-0.2, 0) is 17.0 Å². The largest absolute Gasteiger partial charge is 0.350 e. The summed E-state index contributed by atoms with van der Waals surface area (Å²) in [5.41, 5.74) is 0.738. The molecule has 1 spiro atoms. The smallest absolute Gasteiger partial charge is 0.279 e. The zero-order valence-corrected chi connectivity index (χ0v) is 14.8. The van der Waals surface area contributed by atoms with Gasteiger partial charge in [0.2, 0.25) is 5.66 Å². The van der Waals surface area contributed by atoms with E-state index in [1.807, 2.05) is 30.3 Å². The molecule has 3 aromatic rings. The van der Waals surface area contributed by atoms with E-state index in [-0.39, 0.29) is 12.1 Å². The van der Waals surface area contributed by atoms with Gasteiger partial charge in [-0.3, -0.25) is 9.59 Å². The van der Waals surface area contributed by atoms with Gasteiger partial charge < -0.3 is 15.5 Å². The Bertz CT molecular complexity index is 1120. The maximum atomic E-state index is 14.9. The molecule has 0 saturated carbocycles. The van der Waals surface area contributed by atoms with Gasteiger partial charge in [-0.15, -0.1) is 0 Å². The molecule has 0 fully saturated rings. The molecule has 0 aliphatic carbocycles. The minimum absolute atomic E-state index is 0.138. The Balaban J connectivity index is 1.66. The summed E-state index contributed by atoms with van der Waals surface area (Å²) in [6.07, 6.45) is 0. The fourth-order valence-corrected chi connectivity index (χ4v) is 3.94. The van der Waals surface area contributed by atoms with Crippen molar-refractivity contribution in [3.8, 4) is 0 Å². The molecule has 0 aromatic heterocycles. The predicted octanol–water partition coefficient (Wildman–Crippen LogP) is 3.38. The van der Waals surface area contributed by atoms with E-state index in [0.29, 0.717) is 16.9 Å². The first-order chi connectivity index (χ1) is 13.6. The molecule has 28 heavy (non-hydrogen) atoms. The summed E-state index contributed by atoms with van der Waals surface area (Å²) in [7, 11) is 0. The summed E-state index contributed by atoms with van der Waals surface area (Å²) in [6, 6.07) is 20.9. The van der Waals surface area contributed by atoms with Gasteiger partial charge in [-0.1, -0.05) is 48.5 Å². The van der Waals surface area contributed by atoms with Crippen LogP contribution in [0.4, 0.5) is 15.8 Å². The molecule has 1 atom stereocenters. The second kappa shape index (κ2) is 5.92. The van der Waals surface area contributed by atoms with Crippen molar-refractivity contribution in [2.24, 2.45) is 0 Å². The van der Waals surface area contributed by atoms with Crippen LogP contribution in [0.2, 0.25) is 0 Å². The third-order valence-electron chi connectivity index (χ3n) is 5.20. The van der Waals surface area contributed by atoms with Crippen molar-refractivity contribution in [1.82, 2.24) is 5.32 Å². The van der Waals surface area contributed by atoms with Crippen LogP contribution < -0.4 is 15.5 Å². The van der Waals surface area contributed by atoms with Crippen LogP contribution in [-0.4, -0.2) is 11.8 Å². The van der Waals surface area contributed by atoms with Gasteiger partial charge in [0, 0.05) is 5.69 Å². The Morgan fingerprint density at radius 3 is 2.43 bits per heavy atom. The molecule has 5 rings (SSSR count). The molecule has 5 nitrogen and oxygen atoms in total. The Morgan fingerprint density at radius 2 is 1.61 bits per heavy atom. The van der Waals surface area contributed by atoms with Crippen molar-refractivity contribution in [2.75, 3.05) is 10.2 Å². The van der Waals surface area contributed by atoms with Gasteiger partial charge in [0.05, 0.1) is 23.4 Å². The van der Waals surface area contributed by atoms with E-state index < -0.39 is 23.3 Å². The third-order valence-corrected chi connectivity index (χ3v) is 5.20. The lowest BCUT2D eigenvalue weighted by Gasteiger charge is -2.36. The number of rotatable bonds is 2. The van der Waals surface area contributed by atoms with Gasteiger partial charge in [0.15, 0.2) is 0 Å². The first-order valence-electron chi connectivity index (χ1n) is 8.95. The van der Waals surface area contributed by atoms with E-state index in [9.17, 15) is 14.0 Å². The van der Waals surface area contributed by atoms with E-state index in [1.54, 1.807) is 36.4 Å². The molecule has 3 aromatic carbocycles. The first-order valence-corrected chi connectivity index (χ1v) is 8.95. The number of benzene rings is 3. The molecule has 138 valence electrons. The van der Waals surface area contributed by atoms with Crippen LogP contribution in [0, 0.1) is 5.82 Å². The average Bonchev–Trinajstić information content (AvgIpc) is 2.92. The van der Waals surface area contributed by atoms with Crippen LogP contribution in [0.25, 0.3) is 0 Å². The molecular weight excluding hydrogens is 357 g/mol. The van der Waals surface area contributed by atoms with Crippen LogP contribution >= 0.6 is 0 Å². The van der Waals surface area contributed by atoms with Crippen molar-refractivity contribution in [1.29, 1.82) is 0 Å². The van der Waals surface area contributed by atoms with E-state index in [0.717, 1.165) is 5.56 Å². The number of amides is 2. The number of carbonyl (C=O) groups excluding carboxylic acids is 2. The molecule has 0 radical (unpaired) electrons. The molecule has 2 aliphatic rings.